The fraction of sp³-hybridized carbons (Fsp3) is 0.368. The predicted octanol–water partition coefficient (Wildman–Crippen LogP) is 3.23. The monoisotopic (exact) mass is 338 g/mol. The first kappa shape index (κ1) is 14.8. The Morgan fingerprint density at radius 1 is 1.24 bits per heavy atom. The highest BCUT2D eigenvalue weighted by Crippen LogP contribution is 2.32. The molecule has 2 atom stereocenters. The second-order valence-corrected chi connectivity index (χ2v) is 6.91. The van der Waals surface area contributed by atoms with Crippen LogP contribution in [0.15, 0.2) is 34.9 Å². The zero-order valence-corrected chi connectivity index (χ0v) is 14.1. The molecule has 0 aliphatic carbocycles. The third-order valence-electron chi connectivity index (χ3n) is 5.34. The minimum atomic E-state index is -0.247. The van der Waals surface area contributed by atoms with E-state index in [9.17, 15) is 4.39 Å². The van der Waals surface area contributed by atoms with E-state index in [1.807, 2.05) is 19.1 Å². The molecule has 2 bridgehead atoms. The largest absolute Gasteiger partial charge is 0.422 e. The van der Waals surface area contributed by atoms with Crippen LogP contribution in [-0.4, -0.2) is 47.1 Å². The lowest BCUT2D eigenvalue weighted by Gasteiger charge is -2.32. The SMILES string of the molecule is Cc1cccc(F)c1-c1cnc2nc(N3CC[N@@]4CCC3C4)oc2c1. The van der Waals surface area contributed by atoms with Gasteiger partial charge in [-0.3, -0.25) is 4.90 Å². The number of rotatable bonds is 2. The van der Waals surface area contributed by atoms with E-state index in [0.29, 0.717) is 28.9 Å². The first-order valence-electron chi connectivity index (χ1n) is 8.70. The molecule has 0 N–H and O–H groups in total. The van der Waals surface area contributed by atoms with E-state index in [-0.39, 0.29) is 5.82 Å². The summed E-state index contributed by atoms with van der Waals surface area (Å²) in [6.07, 6.45) is 2.82. The number of oxazole rings is 1. The first-order valence-corrected chi connectivity index (χ1v) is 8.70. The minimum Gasteiger partial charge on any atom is -0.422 e. The van der Waals surface area contributed by atoms with Crippen LogP contribution in [0.1, 0.15) is 12.0 Å². The summed E-state index contributed by atoms with van der Waals surface area (Å²) in [7, 11) is 0. The molecule has 2 fully saturated rings. The third-order valence-corrected chi connectivity index (χ3v) is 5.34. The molecule has 5 rings (SSSR count). The lowest BCUT2D eigenvalue weighted by atomic mass is 10.0. The van der Waals surface area contributed by atoms with Gasteiger partial charge in [0, 0.05) is 49.5 Å². The Kier molecular flexibility index (Phi) is 3.28. The van der Waals surface area contributed by atoms with Crippen molar-refractivity contribution in [2.24, 2.45) is 0 Å². The number of anilines is 1. The second kappa shape index (κ2) is 5.52. The van der Waals surface area contributed by atoms with Gasteiger partial charge in [-0.1, -0.05) is 12.1 Å². The molecule has 5 nitrogen and oxygen atoms in total. The van der Waals surface area contributed by atoms with Gasteiger partial charge in [-0.25, -0.2) is 9.37 Å². The smallest absolute Gasteiger partial charge is 0.300 e. The molecule has 0 radical (unpaired) electrons. The molecule has 1 unspecified atom stereocenters. The number of pyridine rings is 1. The first-order chi connectivity index (χ1) is 12.2. The van der Waals surface area contributed by atoms with Crippen molar-refractivity contribution >= 4 is 17.2 Å². The average molecular weight is 338 g/mol. The van der Waals surface area contributed by atoms with Gasteiger partial charge in [-0.15, -0.1) is 0 Å². The van der Waals surface area contributed by atoms with Crippen molar-refractivity contribution in [3.8, 4) is 11.1 Å². The Labute approximate surface area is 145 Å². The van der Waals surface area contributed by atoms with Gasteiger partial charge in [0.25, 0.3) is 6.01 Å². The van der Waals surface area contributed by atoms with Gasteiger partial charge >= 0.3 is 0 Å². The summed E-state index contributed by atoms with van der Waals surface area (Å²) >= 11 is 0. The van der Waals surface area contributed by atoms with Crippen molar-refractivity contribution in [2.75, 3.05) is 31.1 Å². The number of aryl methyl sites for hydroxylation is 1. The summed E-state index contributed by atoms with van der Waals surface area (Å²) in [4.78, 5) is 13.7. The van der Waals surface area contributed by atoms with Crippen LogP contribution in [-0.2, 0) is 0 Å². The standard InChI is InChI=1S/C19H19FN4O/c1-12-3-2-4-15(20)17(12)13-9-16-18(21-10-13)22-19(25-16)24-8-7-23-6-5-14(24)11-23/h2-4,9-10,14H,5-8,11H2,1H3. The molecule has 128 valence electrons. The van der Waals surface area contributed by atoms with Crippen molar-refractivity contribution in [1.82, 2.24) is 14.9 Å². The van der Waals surface area contributed by atoms with Crippen molar-refractivity contribution in [1.29, 1.82) is 0 Å². The zero-order chi connectivity index (χ0) is 17.0. The van der Waals surface area contributed by atoms with Crippen LogP contribution in [0, 0.1) is 12.7 Å². The third kappa shape index (κ3) is 2.40. The summed E-state index contributed by atoms with van der Waals surface area (Å²) in [6.45, 7) is 6.09. The number of hydrogen-bond donors (Lipinski definition) is 0. The summed E-state index contributed by atoms with van der Waals surface area (Å²) < 4.78 is 20.3. The minimum absolute atomic E-state index is 0.247. The maximum Gasteiger partial charge on any atom is 0.300 e. The molecule has 2 aliphatic heterocycles. The highest BCUT2D eigenvalue weighted by atomic mass is 19.1. The molecule has 0 amide bonds. The number of hydrogen-bond acceptors (Lipinski definition) is 5. The summed E-state index contributed by atoms with van der Waals surface area (Å²) in [5, 5.41) is 0. The molecule has 25 heavy (non-hydrogen) atoms. The highest BCUT2D eigenvalue weighted by molar-refractivity contribution is 5.78. The number of halogens is 1. The van der Waals surface area contributed by atoms with E-state index in [4.69, 9.17) is 4.42 Å². The van der Waals surface area contributed by atoms with Crippen molar-refractivity contribution < 1.29 is 8.81 Å². The van der Waals surface area contributed by atoms with E-state index in [0.717, 1.165) is 43.7 Å². The van der Waals surface area contributed by atoms with Gasteiger partial charge in [0.1, 0.15) is 5.82 Å². The fourth-order valence-electron chi connectivity index (χ4n) is 4.02. The van der Waals surface area contributed by atoms with Crippen molar-refractivity contribution in [3.63, 3.8) is 0 Å². The predicted molar refractivity (Wildman–Crippen MR) is 94.1 cm³/mol. The van der Waals surface area contributed by atoms with Crippen LogP contribution >= 0.6 is 0 Å². The van der Waals surface area contributed by atoms with Crippen LogP contribution in [0.5, 0.6) is 0 Å². The lowest BCUT2D eigenvalue weighted by molar-refractivity contribution is 0.304. The molecule has 2 aliphatic rings. The lowest BCUT2D eigenvalue weighted by Crippen LogP contribution is -2.46. The second-order valence-electron chi connectivity index (χ2n) is 6.91. The van der Waals surface area contributed by atoms with E-state index >= 15 is 0 Å². The number of aromatic nitrogens is 2. The van der Waals surface area contributed by atoms with Crippen LogP contribution in [0.2, 0.25) is 0 Å². The number of benzene rings is 1. The van der Waals surface area contributed by atoms with Gasteiger partial charge in [0.2, 0.25) is 5.65 Å². The quantitative estimate of drug-likeness (QED) is 0.718. The van der Waals surface area contributed by atoms with Gasteiger partial charge in [0.15, 0.2) is 5.58 Å². The highest BCUT2D eigenvalue weighted by Gasteiger charge is 2.34. The van der Waals surface area contributed by atoms with E-state index in [2.05, 4.69) is 19.8 Å². The van der Waals surface area contributed by atoms with Gasteiger partial charge in [0.05, 0.1) is 0 Å². The molecular weight excluding hydrogens is 319 g/mol. The topological polar surface area (TPSA) is 45.4 Å². The van der Waals surface area contributed by atoms with Gasteiger partial charge in [-0.2, -0.15) is 4.98 Å². The molecule has 6 heteroatoms. The van der Waals surface area contributed by atoms with Crippen LogP contribution in [0.3, 0.4) is 0 Å². The van der Waals surface area contributed by atoms with Crippen molar-refractivity contribution in [2.45, 2.75) is 19.4 Å². The van der Waals surface area contributed by atoms with Crippen LogP contribution in [0.4, 0.5) is 10.4 Å². The maximum absolute atomic E-state index is 14.2. The Bertz CT molecular complexity index is 933. The van der Waals surface area contributed by atoms with Crippen LogP contribution in [0.25, 0.3) is 22.4 Å². The molecule has 0 spiro atoms. The molecule has 3 aromatic rings. The number of fused-ring (bicyclic) bond motifs is 3. The number of nitrogens with zero attached hydrogens (tertiary/aromatic N) is 4. The molecule has 2 saturated heterocycles. The van der Waals surface area contributed by atoms with E-state index in [1.165, 1.54) is 6.07 Å². The number of piperazine rings is 1. The Balaban J connectivity index is 1.55. The molecule has 2 aromatic heterocycles. The average Bonchev–Trinajstić information content (AvgIpc) is 3.19. The Morgan fingerprint density at radius 3 is 3.04 bits per heavy atom. The fourth-order valence-corrected chi connectivity index (χ4v) is 4.02. The van der Waals surface area contributed by atoms with Gasteiger partial charge in [-0.05, 0) is 31.0 Å². The Hall–Kier alpha value is -2.47. The summed E-state index contributed by atoms with van der Waals surface area (Å²) in [6, 6.07) is 8.03. The maximum atomic E-state index is 14.2. The van der Waals surface area contributed by atoms with Gasteiger partial charge < -0.3 is 9.32 Å². The summed E-state index contributed by atoms with van der Waals surface area (Å²) in [5.74, 6) is -0.247. The van der Waals surface area contributed by atoms with E-state index in [1.54, 1.807) is 12.3 Å². The molecule has 1 aromatic carbocycles. The van der Waals surface area contributed by atoms with Crippen LogP contribution < -0.4 is 4.90 Å². The van der Waals surface area contributed by atoms with E-state index < -0.39 is 0 Å². The molecular formula is C19H19FN4O. The normalized spacial score (nSPS) is 22.7. The van der Waals surface area contributed by atoms with Crippen molar-refractivity contribution in [3.05, 3.63) is 41.8 Å². The Morgan fingerprint density at radius 2 is 2.16 bits per heavy atom. The molecule has 0 saturated carbocycles. The zero-order valence-electron chi connectivity index (χ0n) is 14.1. The summed E-state index contributed by atoms with van der Waals surface area (Å²) in [5.41, 5.74) is 3.35. The molecule has 4 heterocycles.